The number of rotatable bonds is 5. The Labute approximate surface area is 153 Å². The molecule has 25 heavy (non-hydrogen) atoms. The third-order valence-electron chi connectivity index (χ3n) is 4.13. The summed E-state index contributed by atoms with van der Waals surface area (Å²) in [4.78, 5) is 30.3. The van der Waals surface area contributed by atoms with Gasteiger partial charge in [0.15, 0.2) is 0 Å². The fourth-order valence-electron chi connectivity index (χ4n) is 2.79. The molecule has 1 fully saturated rings. The Morgan fingerprint density at radius 2 is 2.20 bits per heavy atom. The number of likely N-dealkylation sites (tertiary alicyclic amines) is 1. The molecule has 0 unspecified atom stereocenters. The van der Waals surface area contributed by atoms with Gasteiger partial charge in [0.1, 0.15) is 5.82 Å². The molecule has 1 aliphatic heterocycles. The van der Waals surface area contributed by atoms with Crippen molar-refractivity contribution in [3.63, 3.8) is 0 Å². The van der Waals surface area contributed by atoms with Crippen LogP contribution in [0.1, 0.15) is 17.7 Å². The summed E-state index contributed by atoms with van der Waals surface area (Å²) in [6.45, 7) is 0.834. The van der Waals surface area contributed by atoms with E-state index in [4.69, 9.17) is 0 Å². The quantitative estimate of drug-likeness (QED) is 0.831. The first-order chi connectivity index (χ1) is 12.0. The highest BCUT2D eigenvalue weighted by atomic mass is 79.9. The maximum Gasteiger partial charge on any atom is 0.225 e. The summed E-state index contributed by atoms with van der Waals surface area (Å²) in [5, 5.41) is 2.72. The average molecular weight is 406 g/mol. The third-order valence-corrected chi connectivity index (χ3v) is 4.62. The van der Waals surface area contributed by atoms with E-state index in [1.54, 1.807) is 23.2 Å². The third kappa shape index (κ3) is 4.42. The second-order valence-corrected chi connectivity index (χ2v) is 6.87. The summed E-state index contributed by atoms with van der Waals surface area (Å²) >= 11 is 3.28. The van der Waals surface area contributed by atoms with Crippen LogP contribution >= 0.6 is 15.9 Å². The van der Waals surface area contributed by atoms with Crippen molar-refractivity contribution >= 4 is 27.7 Å². The maximum absolute atomic E-state index is 13.7. The summed E-state index contributed by atoms with van der Waals surface area (Å²) < 4.78 is 14.5. The highest BCUT2D eigenvalue weighted by Crippen LogP contribution is 2.20. The Kier molecular flexibility index (Phi) is 5.43. The van der Waals surface area contributed by atoms with Gasteiger partial charge >= 0.3 is 0 Å². The fourth-order valence-corrected chi connectivity index (χ4v) is 3.20. The lowest BCUT2D eigenvalue weighted by Crippen LogP contribution is -2.32. The summed E-state index contributed by atoms with van der Waals surface area (Å²) in [6.07, 6.45) is 1.84. The SMILES string of the molecule is O=C(NCc1cc(Br)ccc1F)[C@H]1CC(=O)N(Cc2ccccn2)C1. The number of benzene rings is 1. The molecule has 0 bridgehead atoms. The second-order valence-electron chi connectivity index (χ2n) is 5.95. The zero-order chi connectivity index (χ0) is 17.8. The largest absolute Gasteiger partial charge is 0.352 e. The molecule has 1 atom stereocenters. The average Bonchev–Trinajstić information content (AvgIpc) is 2.97. The van der Waals surface area contributed by atoms with E-state index in [9.17, 15) is 14.0 Å². The number of amides is 2. The number of nitrogens with one attached hydrogen (secondary N) is 1. The van der Waals surface area contributed by atoms with Gasteiger partial charge in [0.25, 0.3) is 0 Å². The zero-order valence-electron chi connectivity index (χ0n) is 13.4. The predicted molar refractivity (Wildman–Crippen MR) is 93.7 cm³/mol. The number of carbonyl (C=O) groups is 2. The normalized spacial score (nSPS) is 17.0. The van der Waals surface area contributed by atoms with Gasteiger partial charge in [-0.3, -0.25) is 14.6 Å². The Hall–Kier alpha value is -2.28. The van der Waals surface area contributed by atoms with Crippen LogP contribution in [0.2, 0.25) is 0 Å². The molecule has 1 aromatic carbocycles. The fraction of sp³-hybridized carbons (Fsp3) is 0.278. The van der Waals surface area contributed by atoms with Gasteiger partial charge in [-0.2, -0.15) is 0 Å². The number of hydrogen-bond donors (Lipinski definition) is 1. The van der Waals surface area contributed by atoms with Crippen LogP contribution in [-0.2, 0) is 22.7 Å². The topological polar surface area (TPSA) is 62.3 Å². The van der Waals surface area contributed by atoms with Crippen molar-refractivity contribution in [2.45, 2.75) is 19.5 Å². The van der Waals surface area contributed by atoms with E-state index >= 15 is 0 Å². The minimum absolute atomic E-state index is 0.0700. The molecule has 2 amide bonds. The van der Waals surface area contributed by atoms with Crippen molar-refractivity contribution < 1.29 is 14.0 Å². The molecule has 130 valence electrons. The maximum atomic E-state index is 13.7. The second kappa shape index (κ2) is 7.74. The van der Waals surface area contributed by atoms with Gasteiger partial charge in [0.2, 0.25) is 11.8 Å². The van der Waals surface area contributed by atoms with Gasteiger partial charge in [0, 0.05) is 35.7 Å². The van der Waals surface area contributed by atoms with Crippen LogP contribution < -0.4 is 5.32 Å². The highest BCUT2D eigenvalue weighted by molar-refractivity contribution is 9.10. The monoisotopic (exact) mass is 405 g/mol. The molecular formula is C18H17BrFN3O2. The van der Waals surface area contributed by atoms with Crippen molar-refractivity contribution in [1.29, 1.82) is 0 Å². The first-order valence-electron chi connectivity index (χ1n) is 7.92. The van der Waals surface area contributed by atoms with Gasteiger partial charge in [0.05, 0.1) is 18.2 Å². The lowest BCUT2D eigenvalue weighted by Gasteiger charge is -2.16. The van der Waals surface area contributed by atoms with E-state index < -0.39 is 5.92 Å². The smallest absolute Gasteiger partial charge is 0.225 e. The number of nitrogens with zero attached hydrogens (tertiary/aromatic N) is 2. The van der Waals surface area contributed by atoms with E-state index in [1.165, 1.54) is 6.07 Å². The molecule has 0 aliphatic carbocycles. The molecule has 5 nitrogen and oxygen atoms in total. The van der Waals surface area contributed by atoms with Crippen LogP contribution in [0.4, 0.5) is 4.39 Å². The minimum atomic E-state index is -0.425. The molecule has 1 aromatic heterocycles. The number of aromatic nitrogens is 1. The molecule has 1 aliphatic rings. The molecular weight excluding hydrogens is 389 g/mol. The first-order valence-corrected chi connectivity index (χ1v) is 8.71. The van der Waals surface area contributed by atoms with Gasteiger partial charge in [-0.25, -0.2) is 4.39 Å². The van der Waals surface area contributed by atoms with Crippen molar-refractivity contribution in [3.05, 3.63) is 64.1 Å². The lowest BCUT2D eigenvalue weighted by atomic mass is 10.1. The van der Waals surface area contributed by atoms with E-state index in [1.807, 2.05) is 18.2 Å². The predicted octanol–water partition coefficient (Wildman–Crippen LogP) is 2.65. The zero-order valence-corrected chi connectivity index (χ0v) is 15.0. The number of pyridine rings is 1. The highest BCUT2D eigenvalue weighted by Gasteiger charge is 2.34. The van der Waals surface area contributed by atoms with E-state index in [-0.39, 0.29) is 30.6 Å². The van der Waals surface area contributed by atoms with E-state index in [2.05, 4.69) is 26.2 Å². The van der Waals surface area contributed by atoms with Crippen LogP contribution in [0.15, 0.2) is 47.1 Å². The Morgan fingerprint density at radius 3 is 2.96 bits per heavy atom. The van der Waals surface area contributed by atoms with Gasteiger partial charge in [-0.05, 0) is 30.3 Å². The van der Waals surface area contributed by atoms with E-state index in [0.717, 1.165) is 10.2 Å². The summed E-state index contributed by atoms with van der Waals surface area (Å²) in [6, 6.07) is 10.1. The lowest BCUT2D eigenvalue weighted by molar-refractivity contribution is -0.129. The van der Waals surface area contributed by atoms with Crippen molar-refractivity contribution in [2.24, 2.45) is 5.92 Å². The molecule has 3 rings (SSSR count). The molecule has 0 spiro atoms. The van der Waals surface area contributed by atoms with Gasteiger partial charge < -0.3 is 10.2 Å². The standard InChI is InChI=1S/C18H17BrFN3O2/c19-14-4-5-16(20)12(7-14)9-22-18(25)13-8-17(24)23(10-13)11-15-3-1-2-6-21-15/h1-7,13H,8-11H2,(H,22,25)/t13-/m0/s1. The number of halogens is 2. The Bertz CT molecular complexity index is 785. The van der Waals surface area contributed by atoms with Crippen LogP contribution in [-0.4, -0.2) is 28.2 Å². The van der Waals surface area contributed by atoms with Crippen molar-refractivity contribution in [2.75, 3.05) is 6.54 Å². The van der Waals surface area contributed by atoms with Crippen LogP contribution in [0.3, 0.4) is 0 Å². The van der Waals surface area contributed by atoms with E-state index in [0.29, 0.717) is 18.7 Å². The first kappa shape index (κ1) is 17.5. The molecule has 0 radical (unpaired) electrons. The molecule has 0 saturated carbocycles. The summed E-state index contributed by atoms with van der Waals surface area (Å²) in [7, 11) is 0. The molecule has 1 N–H and O–H groups in total. The molecule has 1 saturated heterocycles. The molecule has 2 aromatic rings. The van der Waals surface area contributed by atoms with Crippen molar-refractivity contribution in [3.8, 4) is 0 Å². The summed E-state index contributed by atoms with van der Waals surface area (Å²) in [5.41, 5.74) is 1.19. The van der Waals surface area contributed by atoms with Crippen molar-refractivity contribution in [1.82, 2.24) is 15.2 Å². The van der Waals surface area contributed by atoms with Gasteiger partial charge in [-0.15, -0.1) is 0 Å². The molecule has 7 heteroatoms. The van der Waals surface area contributed by atoms with Crippen LogP contribution in [0, 0.1) is 11.7 Å². The summed E-state index contributed by atoms with van der Waals surface area (Å²) in [5.74, 6) is -1.11. The minimum Gasteiger partial charge on any atom is -0.352 e. The van der Waals surface area contributed by atoms with Crippen LogP contribution in [0.5, 0.6) is 0 Å². The number of hydrogen-bond acceptors (Lipinski definition) is 3. The number of carbonyl (C=O) groups excluding carboxylic acids is 2. The Balaban J connectivity index is 1.56. The van der Waals surface area contributed by atoms with Gasteiger partial charge in [-0.1, -0.05) is 22.0 Å². The Morgan fingerprint density at radius 1 is 1.36 bits per heavy atom. The van der Waals surface area contributed by atoms with Crippen LogP contribution in [0.25, 0.3) is 0 Å². The molecule has 2 heterocycles.